The van der Waals surface area contributed by atoms with Gasteiger partial charge in [-0.15, -0.1) is 12.4 Å². The number of benzene rings is 3. The van der Waals surface area contributed by atoms with Crippen LogP contribution in [0.1, 0.15) is 23.6 Å². The molecule has 154 valence electrons. The Morgan fingerprint density at radius 1 is 0.793 bits per heavy atom. The zero-order valence-corrected chi connectivity index (χ0v) is 18.5. The lowest BCUT2D eigenvalue weighted by Crippen LogP contribution is -2.13. The monoisotopic (exact) mass is 451 g/mol. The largest absolute Gasteiger partial charge is 0.490 e. The van der Waals surface area contributed by atoms with Gasteiger partial charge in [0, 0.05) is 23.7 Å². The number of rotatable bonds is 9. The fourth-order valence-corrected chi connectivity index (χ4v) is 3.32. The van der Waals surface area contributed by atoms with Gasteiger partial charge in [-0.1, -0.05) is 71.7 Å². The summed E-state index contributed by atoms with van der Waals surface area (Å²) in [5.74, 6) is 1.17. The molecule has 29 heavy (non-hydrogen) atoms. The van der Waals surface area contributed by atoms with E-state index in [0.29, 0.717) is 41.3 Å². The first-order valence-electron chi connectivity index (χ1n) is 9.23. The molecule has 0 aliphatic rings. The zero-order chi connectivity index (χ0) is 19.8. The van der Waals surface area contributed by atoms with Gasteiger partial charge < -0.3 is 14.8 Å². The second-order valence-electron chi connectivity index (χ2n) is 6.31. The number of halogens is 3. The Morgan fingerprint density at radius 2 is 1.48 bits per heavy atom. The standard InChI is InChI=1S/C23H23Cl2NO2.ClH/c1-2-27-22-13-18(15-26-14-17-8-4-3-5-9-17)12-21(25)23(22)28-16-19-10-6-7-11-20(19)24;/h3-13,26H,2,14-16H2,1H3;1H. The van der Waals surface area contributed by atoms with E-state index < -0.39 is 0 Å². The van der Waals surface area contributed by atoms with Crippen molar-refractivity contribution < 1.29 is 9.47 Å². The van der Waals surface area contributed by atoms with Crippen molar-refractivity contribution in [3.63, 3.8) is 0 Å². The molecule has 0 fully saturated rings. The molecule has 3 nitrogen and oxygen atoms in total. The van der Waals surface area contributed by atoms with Crippen LogP contribution in [0.4, 0.5) is 0 Å². The molecule has 0 saturated heterocycles. The lowest BCUT2D eigenvalue weighted by Gasteiger charge is -2.16. The van der Waals surface area contributed by atoms with Crippen molar-refractivity contribution in [1.29, 1.82) is 0 Å². The molecule has 0 heterocycles. The van der Waals surface area contributed by atoms with Crippen molar-refractivity contribution in [2.45, 2.75) is 26.6 Å². The van der Waals surface area contributed by atoms with E-state index in [2.05, 4.69) is 17.4 Å². The van der Waals surface area contributed by atoms with E-state index in [1.165, 1.54) is 5.56 Å². The average Bonchev–Trinajstić information content (AvgIpc) is 2.70. The minimum atomic E-state index is 0. The van der Waals surface area contributed by atoms with E-state index >= 15 is 0 Å². The summed E-state index contributed by atoms with van der Waals surface area (Å²) in [7, 11) is 0. The Bertz CT molecular complexity index is 904. The first-order valence-corrected chi connectivity index (χ1v) is 9.99. The molecule has 0 unspecified atom stereocenters. The highest BCUT2D eigenvalue weighted by Gasteiger charge is 2.13. The van der Waals surface area contributed by atoms with E-state index in [-0.39, 0.29) is 12.4 Å². The van der Waals surface area contributed by atoms with Crippen LogP contribution in [0.15, 0.2) is 66.7 Å². The van der Waals surface area contributed by atoms with Gasteiger partial charge in [0.15, 0.2) is 11.5 Å². The maximum absolute atomic E-state index is 6.51. The third-order valence-electron chi connectivity index (χ3n) is 4.20. The second kappa shape index (κ2) is 11.9. The molecular weight excluding hydrogens is 429 g/mol. The molecule has 3 rings (SSSR count). The van der Waals surface area contributed by atoms with Crippen molar-refractivity contribution in [3.05, 3.63) is 93.5 Å². The van der Waals surface area contributed by atoms with Gasteiger partial charge in [0.25, 0.3) is 0 Å². The normalized spacial score (nSPS) is 10.3. The fourth-order valence-electron chi connectivity index (χ4n) is 2.84. The number of hydrogen-bond acceptors (Lipinski definition) is 3. The van der Waals surface area contributed by atoms with E-state index in [1.54, 1.807) is 0 Å². The van der Waals surface area contributed by atoms with Crippen LogP contribution in [0.2, 0.25) is 10.0 Å². The van der Waals surface area contributed by atoms with Crippen LogP contribution in [0.25, 0.3) is 0 Å². The van der Waals surface area contributed by atoms with Gasteiger partial charge in [-0.25, -0.2) is 0 Å². The predicted octanol–water partition coefficient (Wildman–Crippen LogP) is 6.68. The third-order valence-corrected chi connectivity index (χ3v) is 4.85. The Morgan fingerprint density at radius 3 is 2.21 bits per heavy atom. The molecule has 0 amide bonds. The molecule has 0 radical (unpaired) electrons. The molecule has 3 aromatic carbocycles. The number of ether oxygens (including phenoxy) is 2. The Kier molecular flexibility index (Phi) is 9.62. The SMILES string of the molecule is CCOc1cc(CNCc2ccccc2)cc(Cl)c1OCc1ccccc1Cl.Cl. The minimum absolute atomic E-state index is 0. The van der Waals surface area contributed by atoms with Gasteiger partial charge in [-0.2, -0.15) is 0 Å². The van der Waals surface area contributed by atoms with Crippen molar-refractivity contribution >= 4 is 35.6 Å². The summed E-state index contributed by atoms with van der Waals surface area (Å²) in [6.45, 7) is 4.25. The minimum Gasteiger partial charge on any atom is -0.490 e. The number of hydrogen-bond donors (Lipinski definition) is 1. The van der Waals surface area contributed by atoms with Crippen LogP contribution < -0.4 is 14.8 Å². The molecule has 0 saturated carbocycles. The molecular formula is C23H24Cl3NO2. The highest BCUT2D eigenvalue weighted by atomic mass is 35.5. The Balaban J connectivity index is 0.00000300. The van der Waals surface area contributed by atoms with Gasteiger partial charge in [0.05, 0.1) is 11.6 Å². The summed E-state index contributed by atoms with van der Waals surface area (Å²) in [4.78, 5) is 0. The Labute approximate surface area is 188 Å². The highest BCUT2D eigenvalue weighted by Crippen LogP contribution is 2.37. The van der Waals surface area contributed by atoms with Crippen LogP contribution >= 0.6 is 35.6 Å². The summed E-state index contributed by atoms with van der Waals surface area (Å²) >= 11 is 12.7. The van der Waals surface area contributed by atoms with Crippen LogP contribution in [0, 0.1) is 0 Å². The lowest BCUT2D eigenvalue weighted by atomic mass is 10.1. The molecule has 6 heteroatoms. The summed E-state index contributed by atoms with van der Waals surface area (Å²) in [6.07, 6.45) is 0. The fraction of sp³-hybridized carbons (Fsp3) is 0.217. The molecule has 0 bridgehead atoms. The molecule has 0 aromatic heterocycles. The van der Waals surface area contributed by atoms with E-state index in [1.807, 2.05) is 61.5 Å². The topological polar surface area (TPSA) is 30.5 Å². The van der Waals surface area contributed by atoms with Crippen molar-refractivity contribution in [2.75, 3.05) is 6.61 Å². The first-order chi connectivity index (χ1) is 13.7. The second-order valence-corrected chi connectivity index (χ2v) is 7.12. The van der Waals surface area contributed by atoms with Crippen LogP contribution in [-0.2, 0) is 19.7 Å². The summed E-state index contributed by atoms with van der Waals surface area (Å²) < 4.78 is 11.7. The average molecular weight is 453 g/mol. The van der Waals surface area contributed by atoms with Crippen LogP contribution in [0.5, 0.6) is 11.5 Å². The van der Waals surface area contributed by atoms with Gasteiger partial charge in [0.2, 0.25) is 0 Å². The molecule has 1 N–H and O–H groups in total. The Hall–Kier alpha value is -1.91. The zero-order valence-electron chi connectivity index (χ0n) is 16.2. The highest BCUT2D eigenvalue weighted by molar-refractivity contribution is 6.32. The van der Waals surface area contributed by atoms with Crippen molar-refractivity contribution in [3.8, 4) is 11.5 Å². The van der Waals surface area contributed by atoms with Gasteiger partial charge in [0.1, 0.15) is 6.61 Å². The summed E-state index contributed by atoms with van der Waals surface area (Å²) in [6, 6.07) is 21.7. The van der Waals surface area contributed by atoms with Gasteiger partial charge in [-0.3, -0.25) is 0 Å². The molecule has 0 aliphatic heterocycles. The van der Waals surface area contributed by atoms with E-state index in [9.17, 15) is 0 Å². The smallest absolute Gasteiger partial charge is 0.180 e. The summed E-state index contributed by atoms with van der Waals surface area (Å²) in [5.41, 5.74) is 3.17. The first kappa shape index (κ1) is 23.4. The third kappa shape index (κ3) is 6.83. The molecule has 0 atom stereocenters. The van der Waals surface area contributed by atoms with E-state index in [4.69, 9.17) is 32.7 Å². The van der Waals surface area contributed by atoms with Crippen LogP contribution in [-0.4, -0.2) is 6.61 Å². The molecule has 0 aliphatic carbocycles. The van der Waals surface area contributed by atoms with Crippen molar-refractivity contribution in [1.82, 2.24) is 5.32 Å². The maximum Gasteiger partial charge on any atom is 0.180 e. The molecule has 0 spiro atoms. The predicted molar refractivity (Wildman–Crippen MR) is 123 cm³/mol. The van der Waals surface area contributed by atoms with Gasteiger partial charge >= 0.3 is 0 Å². The molecule has 3 aromatic rings. The lowest BCUT2D eigenvalue weighted by molar-refractivity contribution is 0.269. The quantitative estimate of drug-likeness (QED) is 0.392. The number of nitrogens with one attached hydrogen (secondary N) is 1. The maximum atomic E-state index is 6.51. The summed E-state index contributed by atoms with van der Waals surface area (Å²) in [5, 5.41) is 4.61. The van der Waals surface area contributed by atoms with Crippen LogP contribution in [0.3, 0.4) is 0 Å². The van der Waals surface area contributed by atoms with Crippen molar-refractivity contribution in [2.24, 2.45) is 0 Å². The van der Waals surface area contributed by atoms with E-state index in [0.717, 1.165) is 17.7 Å². The van der Waals surface area contributed by atoms with Gasteiger partial charge in [-0.05, 0) is 36.2 Å².